The van der Waals surface area contributed by atoms with Crippen molar-refractivity contribution in [3.8, 4) is 0 Å². The number of carbonyl (C=O) groups is 2. The van der Waals surface area contributed by atoms with E-state index in [0.717, 1.165) is 34.1 Å². The van der Waals surface area contributed by atoms with E-state index < -0.39 is 0 Å². The summed E-state index contributed by atoms with van der Waals surface area (Å²) in [7, 11) is 0. The van der Waals surface area contributed by atoms with Gasteiger partial charge in [-0.3, -0.25) is 9.59 Å². The molecule has 3 aromatic rings. The van der Waals surface area contributed by atoms with Crippen LogP contribution in [-0.4, -0.2) is 18.4 Å². The molecule has 0 saturated carbocycles. The lowest BCUT2D eigenvalue weighted by atomic mass is 10.0. The third-order valence-electron chi connectivity index (χ3n) is 4.70. The quantitative estimate of drug-likeness (QED) is 0.604. The van der Waals surface area contributed by atoms with Gasteiger partial charge in [0.25, 0.3) is 11.8 Å². The molecule has 0 unspecified atom stereocenters. The van der Waals surface area contributed by atoms with Crippen LogP contribution in [0.2, 0.25) is 5.02 Å². The molecule has 0 aliphatic heterocycles. The number of carbonyl (C=O) groups excluding carboxylic acids is 2. The van der Waals surface area contributed by atoms with E-state index in [4.69, 9.17) is 16.0 Å². The van der Waals surface area contributed by atoms with Crippen molar-refractivity contribution in [3.63, 3.8) is 0 Å². The van der Waals surface area contributed by atoms with Crippen molar-refractivity contribution in [2.75, 3.05) is 11.9 Å². The Morgan fingerprint density at radius 3 is 2.39 bits per heavy atom. The fourth-order valence-corrected chi connectivity index (χ4v) is 3.46. The van der Waals surface area contributed by atoms with E-state index in [2.05, 4.69) is 10.6 Å². The predicted molar refractivity (Wildman–Crippen MR) is 112 cm³/mol. The third-order valence-corrected chi connectivity index (χ3v) is 5.01. The summed E-state index contributed by atoms with van der Waals surface area (Å²) >= 11 is 6.23. The molecule has 5 nitrogen and oxygen atoms in total. The van der Waals surface area contributed by atoms with Gasteiger partial charge in [0.1, 0.15) is 5.58 Å². The molecule has 0 bridgehead atoms. The number of halogens is 1. The molecule has 146 valence electrons. The molecule has 0 spiro atoms. The Morgan fingerprint density at radius 2 is 1.75 bits per heavy atom. The monoisotopic (exact) mass is 398 g/mol. The van der Waals surface area contributed by atoms with E-state index in [1.54, 1.807) is 18.2 Å². The van der Waals surface area contributed by atoms with Gasteiger partial charge in [0.2, 0.25) is 0 Å². The smallest absolute Gasteiger partial charge is 0.291 e. The maximum absolute atomic E-state index is 12.8. The molecule has 28 heavy (non-hydrogen) atoms. The number of aryl methyl sites for hydroxylation is 3. The molecule has 2 N–H and O–H groups in total. The van der Waals surface area contributed by atoms with Crippen molar-refractivity contribution in [2.45, 2.75) is 34.1 Å². The van der Waals surface area contributed by atoms with E-state index in [0.29, 0.717) is 17.8 Å². The average molecular weight is 399 g/mol. The second kappa shape index (κ2) is 8.07. The first-order valence-electron chi connectivity index (χ1n) is 9.21. The van der Waals surface area contributed by atoms with Crippen LogP contribution in [0.25, 0.3) is 11.0 Å². The zero-order chi connectivity index (χ0) is 20.4. The van der Waals surface area contributed by atoms with Gasteiger partial charge in [-0.1, -0.05) is 30.7 Å². The number of hydrogen-bond donors (Lipinski definition) is 2. The molecule has 3 rings (SSSR count). The highest BCUT2D eigenvalue weighted by atomic mass is 35.5. The van der Waals surface area contributed by atoms with Gasteiger partial charge in [0.05, 0.1) is 10.6 Å². The Morgan fingerprint density at radius 1 is 1.04 bits per heavy atom. The van der Waals surface area contributed by atoms with Gasteiger partial charge in [-0.2, -0.15) is 0 Å². The summed E-state index contributed by atoms with van der Waals surface area (Å²) in [6.07, 6.45) is 0.841. The Bertz CT molecular complexity index is 1070. The van der Waals surface area contributed by atoms with Gasteiger partial charge in [-0.25, -0.2) is 0 Å². The predicted octanol–water partition coefficient (Wildman–Crippen LogP) is 5.40. The van der Waals surface area contributed by atoms with Gasteiger partial charge in [0.15, 0.2) is 5.76 Å². The van der Waals surface area contributed by atoms with E-state index in [-0.39, 0.29) is 22.6 Å². The number of furan rings is 1. The maximum atomic E-state index is 12.8. The summed E-state index contributed by atoms with van der Waals surface area (Å²) < 4.78 is 5.87. The van der Waals surface area contributed by atoms with Crippen molar-refractivity contribution in [1.29, 1.82) is 0 Å². The Balaban J connectivity index is 1.86. The van der Waals surface area contributed by atoms with Crippen LogP contribution in [0.1, 0.15) is 50.9 Å². The first kappa shape index (κ1) is 20.0. The Hall–Kier alpha value is -2.79. The van der Waals surface area contributed by atoms with Crippen LogP contribution < -0.4 is 10.6 Å². The molecule has 0 radical (unpaired) electrons. The molecule has 6 heteroatoms. The lowest BCUT2D eigenvalue weighted by Crippen LogP contribution is -2.24. The molecular weight excluding hydrogens is 376 g/mol. The van der Waals surface area contributed by atoms with Gasteiger partial charge < -0.3 is 15.1 Å². The van der Waals surface area contributed by atoms with Crippen molar-refractivity contribution < 1.29 is 14.0 Å². The van der Waals surface area contributed by atoms with Crippen LogP contribution in [0.4, 0.5) is 5.69 Å². The minimum atomic E-state index is -0.355. The van der Waals surface area contributed by atoms with Crippen LogP contribution in [0, 0.1) is 20.8 Å². The normalized spacial score (nSPS) is 10.9. The number of anilines is 1. The van der Waals surface area contributed by atoms with Crippen molar-refractivity contribution in [1.82, 2.24) is 5.32 Å². The van der Waals surface area contributed by atoms with E-state index >= 15 is 0 Å². The van der Waals surface area contributed by atoms with E-state index in [9.17, 15) is 9.59 Å². The Kier molecular flexibility index (Phi) is 5.75. The SMILES string of the molecule is CCCNC(=O)c1ccc(NC(=O)c2oc3c(C)ccc(C)c3c2C)cc1Cl. The highest BCUT2D eigenvalue weighted by molar-refractivity contribution is 6.34. The number of amides is 2. The second-order valence-electron chi connectivity index (χ2n) is 6.86. The van der Waals surface area contributed by atoms with Gasteiger partial charge in [0, 0.05) is 23.2 Å². The topological polar surface area (TPSA) is 71.3 Å². The second-order valence-corrected chi connectivity index (χ2v) is 7.27. The lowest BCUT2D eigenvalue weighted by Gasteiger charge is -2.09. The standard InChI is InChI=1S/C22H23ClN2O3/c1-5-10-24-21(26)16-9-8-15(11-17(16)23)25-22(27)20-14(4)18-12(2)6-7-13(3)19(18)28-20/h6-9,11H,5,10H2,1-4H3,(H,24,26)(H,25,27). The van der Waals surface area contributed by atoms with Crippen LogP contribution in [-0.2, 0) is 0 Å². The zero-order valence-corrected chi connectivity index (χ0v) is 17.2. The molecule has 0 aliphatic carbocycles. The maximum Gasteiger partial charge on any atom is 0.291 e. The van der Waals surface area contributed by atoms with Crippen molar-refractivity contribution in [2.24, 2.45) is 0 Å². The number of hydrogen-bond acceptors (Lipinski definition) is 3. The molecule has 0 saturated heterocycles. The molecule has 2 amide bonds. The fraction of sp³-hybridized carbons (Fsp3) is 0.273. The summed E-state index contributed by atoms with van der Waals surface area (Å²) in [5, 5.41) is 6.82. The third kappa shape index (κ3) is 3.76. The highest BCUT2D eigenvalue weighted by Crippen LogP contribution is 2.31. The summed E-state index contributed by atoms with van der Waals surface area (Å²) in [6, 6.07) is 8.81. The minimum Gasteiger partial charge on any atom is -0.450 e. The summed E-state index contributed by atoms with van der Waals surface area (Å²) in [6.45, 7) is 8.38. The molecule has 1 heterocycles. The van der Waals surface area contributed by atoms with Crippen molar-refractivity contribution in [3.05, 3.63) is 63.4 Å². The fourth-order valence-electron chi connectivity index (χ4n) is 3.19. The largest absolute Gasteiger partial charge is 0.450 e. The number of benzene rings is 2. The molecular formula is C22H23ClN2O3. The number of rotatable bonds is 5. The minimum absolute atomic E-state index is 0.233. The van der Waals surface area contributed by atoms with Gasteiger partial charge >= 0.3 is 0 Å². The molecule has 0 fully saturated rings. The first-order valence-corrected chi connectivity index (χ1v) is 9.59. The van der Waals surface area contributed by atoms with Gasteiger partial charge in [-0.15, -0.1) is 0 Å². The summed E-state index contributed by atoms with van der Waals surface area (Å²) in [4.78, 5) is 24.9. The molecule has 0 atom stereocenters. The highest BCUT2D eigenvalue weighted by Gasteiger charge is 2.20. The van der Waals surface area contributed by atoms with Crippen molar-refractivity contribution >= 4 is 40.1 Å². The number of nitrogens with one attached hydrogen (secondary N) is 2. The van der Waals surface area contributed by atoms with E-state index in [1.807, 2.05) is 39.8 Å². The number of fused-ring (bicyclic) bond motifs is 1. The van der Waals surface area contributed by atoms with Crippen LogP contribution >= 0.6 is 11.6 Å². The van der Waals surface area contributed by atoms with Crippen LogP contribution in [0.5, 0.6) is 0 Å². The van der Waals surface area contributed by atoms with Crippen LogP contribution in [0.15, 0.2) is 34.7 Å². The lowest BCUT2D eigenvalue weighted by molar-refractivity contribution is 0.0953. The molecule has 1 aromatic heterocycles. The average Bonchev–Trinajstić information content (AvgIpc) is 3.01. The molecule has 0 aliphatic rings. The van der Waals surface area contributed by atoms with Crippen LogP contribution in [0.3, 0.4) is 0 Å². The summed E-state index contributed by atoms with van der Waals surface area (Å²) in [5.74, 6) is -0.316. The first-order chi connectivity index (χ1) is 13.3. The zero-order valence-electron chi connectivity index (χ0n) is 16.4. The van der Waals surface area contributed by atoms with Gasteiger partial charge in [-0.05, 0) is 56.5 Å². The van der Waals surface area contributed by atoms with E-state index in [1.165, 1.54) is 0 Å². The Labute approximate surface area is 169 Å². The molecule has 2 aromatic carbocycles. The summed E-state index contributed by atoms with van der Waals surface area (Å²) in [5.41, 5.74) is 4.44.